The minimum atomic E-state index is -3.00. The van der Waals surface area contributed by atoms with Crippen molar-refractivity contribution in [2.75, 3.05) is 12.4 Å². The van der Waals surface area contributed by atoms with Gasteiger partial charge in [-0.05, 0) is 38.1 Å². The summed E-state index contributed by atoms with van der Waals surface area (Å²) in [5, 5.41) is 3.48. The molecule has 0 saturated heterocycles. The summed E-state index contributed by atoms with van der Waals surface area (Å²) < 4.78 is 40.1. The van der Waals surface area contributed by atoms with Gasteiger partial charge in [0, 0.05) is 22.7 Å². The van der Waals surface area contributed by atoms with Crippen molar-refractivity contribution in [1.82, 2.24) is 0 Å². The monoisotopic (exact) mass is 361 g/mol. The zero-order valence-electron chi connectivity index (χ0n) is 14.4. The van der Waals surface area contributed by atoms with Crippen LogP contribution in [-0.4, -0.2) is 19.6 Å². The third kappa shape index (κ3) is 3.46. The highest BCUT2D eigenvalue weighted by atomic mass is 19.3. The molecule has 3 rings (SSSR count). The number of furan rings is 1. The van der Waals surface area contributed by atoms with Gasteiger partial charge in [-0.1, -0.05) is 11.6 Å². The lowest BCUT2D eigenvalue weighted by Crippen LogP contribution is -2.12. The second kappa shape index (κ2) is 7.03. The number of nitrogens with one attached hydrogen (secondary N) is 1. The molecule has 0 spiro atoms. The summed E-state index contributed by atoms with van der Waals surface area (Å²) in [6.07, 6.45) is 0. The highest BCUT2D eigenvalue weighted by Gasteiger charge is 2.19. The SMILES string of the molecule is COc1ccc(NC(=O)c2oc3ccc(C)cc3c2C)cc1OC(F)F. The minimum Gasteiger partial charge on any atom is -0.493 e. The third-order valence-electron chi connectivity index (χ3n) is 3.94. The first-order valence-corrected chi connectivity index (χ1v) is 7.83. The number of aryl methyl sites for hydroxylation is 2. The average Bonchev–Trinajstić information content (AvgIpc) is 2.91. The fraction of sp³-hybridized carbons (Fsp3) is 0.211. The molecule has 0 fully saturated rings. The summed E-state index contributed by atoms with van der Waals surface area (Å²) in [7, 11) is 1.34. The average molecular weight is 361 g/mol. The van der Waals surface area contributed by atoms with E-state index < -0.39 is 12.5 Å². The first-order chi connectivity index (χ1) is 12.4. The van der Waals surface area contributed by atoms with E-state index in [-0.39, 0.29) is 22.9 Å². The van der Waals surface area contributed by atoms with Gasteiger partial charge in [-0.15, -0.1) is 0 Å². The van der Waals surface area contributed by atoms with Crippen LogP contribution in [-0.2, 0) is 0 Å². The van der Waals surface area contributed by atoms with Crippen LogP contribution < -0.4 is 14.8 Å². The minimum absolute atomic E-state index is 0.138. The van der Waals surface area contributed by atoms with Gasteiger partial charge in [-0.2, -0.15) is 8.78 Å². The highest BCUT2D eigenvalue weighted by molar-refractivity contribution is 6.06. The Bertz CT molecular complexity index is 966. The predicted molar refractivity (Wildman–Crippen MR) is 93.3 cm³/mol. The van der Waals surface area contributed by atoms with Crippen molar-refractivity contribution in [2.45, 2.75) is 20.5 Å². The van der Waals surface area contributed by atoms with Crippen LogP contribution in [0.25, 0.3) is 11.0 Å². The summed E-state index contributed by atoms with van der Waals surface area (Å²) in [4.78, 5) is 12.6. The Morgan fingerprint density at radius 1 is 1.12 bits per heavy atom. The quantitative estimate of drug-likeness (QED) is 0.701. The van der Waals surface area contributed by atoms with Crippen LogP contribution in [0.5, 0.6) is 11.5 Å². The number of carbonyl (C=O) groups excluding carboxylic acids is 1. The second-order valence-corrected chi connectivity index (χ2v) is 5.75. The number of amides is 1. The Morgan fingerprint density at radius 3 is 2.58 bits per heavy atom. The maximum absolute atomic E-state index is 12.6. The maximum atomic E-state index is 12.6. The number of halogens is 2. The van der Waals surface area contributed by atoms with Crippen LogP contribution in [0.3, 0.4) is 0 Å². The zero-order chi connectivity index (χ0) is 18.8. The zero-order valence-corrected chi connectivity index (χ0v) is 14.4. The van der Waals surface area contributed by atoms with Gasteiger partial charge in [0.1, 0.15) is 5.58 Å². The molecule has 3 aromatic rings. The molecule has 136 valence electrons. The molecule has 0 unspecified atom stereocenters. The van der Waals surface area contributed by atoms with E-state index in [0.29, 0.717) is 11.1 Å². The van der Waals surface area contributed by atoms with Gasteiger partial charge in [0.15, 0.2) is 17.3 Å². The largest absolute Gasteiger partial charge is 0.493 e. The van der Waals surface area contributed by atoms with E-state index in [2.05, 4.69) is 10.1 Å². The molecule has 1 aromatic heterocycles. The van der Waals surface area contributed by atoms with Crippen LogP contribution in [0.1, 0.15) is 21.7 Å². The van der Waals surface area contributed by atoms with Crippen molar-refractivity contribution in [1.29, 1.82) is 0 Å². The fourth-order valence-corrected chi connectivity index (χ4v) is 2.68. The Labute approximate surface area is 148 Å². The third-order valence-corrected chi connectivity index (χ3v) is 3.94. The molecule has 1 heterocycles. The number of hydrogen-bond donors (Lipinski definition) is 1. The number of rotatable bonds is 5. The van der Waals surface area contributed by atoms with Gasteiger partial charge < -0.3 is 19.2 Å². The first kappa shape index (κ1) is 17.7. The van der Waals surface area contributed by atoms with Gasteiger partial charge in [0.05, 0.1) is 7.11 Å². The van der Waals surface area contributed by atoms with Gasteiger partial charge >= 0.3 is 6.61 Å². The molecule has 0 radical (unpaired) electrons. The van der Waals surface area contributed by atoms with Crippen molar-refractivity contribution in [3.05, 3.63) is 53.3 Å². The number of alkyl halides is 2. The van der Waals surface area contributed by atoms with Crippen LogP contribution >= 0.6 is 0 Å². The van der Waals surface area contributed by atoms with E-state index in [9.17, 15) is 13.6 Å². The number of anilines is 1. The molecule has 1 N–H and O–H groups in total. The molecule has 5 nitrogen and oxygen atoms in total. The standard InChI is InChI=1S/C19H17F2NO4/c1-10-4-6-14-13(8-10)11(2)17(25-14)18(23)22-12-5-7-15(24-3)16(9-12)26-19(20)21/h4-9,19H,1-3H3,(H,22,23). The smallest absolute Gasteiger partial charge is 0.387 e. The summed E-state index contributed by atoms with van der Waals surface area (Å²) in [5.74, 6) is -0.349. The molecule has 0 aliphatic rings. The van der Waals surface area contributed by atoms with Crippen LogP contribution in [0.15, 0.2) is 40.8 Å². The Kier molecular flexibility index (Phi) is 4.79. The fourth-order valence-electron chi connectivity index (χ4n) is 2.68. The topological polar surface area (TPSA) is 60.7 Å². The molecule has 0 atom stereocenters. The Balaban J connectivity index is 1.89. The van der Waals surface area contributed by atoms with E-state index in [1.807, 2.05) is 19.1 Å². The normalized spacial score (nSPS) is 11.0. The van der Waals surface area contributed by atoms with E-state index in [1.54, 1.807) is 13.0 Å². The van der Waals surface area contributed by atoms with Crippen LogP contribution in [0.2, 0.25) is 0 Å². The van der Waals surface area contributed by atoms with E-state index in [1.165, 1.54) is 25.3 Å². The van der Waals surface area contributed by atoms with Crippen molar-refractivity contribution >= 4 is 22.6 Å². The summed E-state index contributed by atoms with van der Waals surface area (Å²) in [6, 6.07) is 9.86. The number of methoxy groups -OCH3 is 1. The summed E-state index contributed by atoms with van der Waals surface area (Å²) >= 11 is 0. The van der Waals surface area contributed by atoms with Gasteiger partial charge in [-0.3, -0.25) is 4.79 Å². The Morgan fingerprint density at radius 2 is 1.88 bits per heavy atom. The molecular formula is C19H17F2NO4. The molecule has 0 bridgehead atoms. The van der Waals surface area contributed by atoms with Crippen molar-refractivity contribution < 1.29 is 27.5 Å². The van der Waals surface area contributed by atoms with Crippen LogP contribution in [0, 0.1) is 13.8 Å². The van der Waals surface area contributed by atoms with E-state index >= 15 is 0 Å². The lowest BCUT2D eigenvalue weighted by molar-refractivity contribution is -0.0511. The molecule has 1 amide bonds. The summed E-state index contributed by atoms with van der Waals surface area (Å²) in [5.41, 5.74) is 2.65. The number of ether oxygens (including phenoxy) is 2. The van der Waals surface area contributed by atoms with E-state index in [4.69, 9.17) is 9.15 Å². The molecule has 0 saturated carbocycles. The maximum Gasteiger partial charge on any atom is 0.387 e. The van der Waals surface area contributed by atoms with Gasteiger partial charge in [0.2, 0.25) is 0 Å². The van der Waals surface area contributed by atoms with E-state index in [0.717, 1.165) is 10.9 Å². The highest BCUT2D eigenvalue weighted by Crippen LogP contribution is 2.32. The molecule has 0 aliphatic carbocycles. The number of carbonyl (C=O) groups is 1. The molecule has 2 aromatic carbocycles. The lowest BCUT2D eigenvalue weighted by atomic mass is 10.1. The number of fused-ring (bicyclic) bond motifs is 1. The summed E-state index contributed by atoms with van der Waals surface area (Å²) in [6.45, 7) is 0.739. The molecule has 0 aliphatic heterocycles. The van der Waals surface area contributed by atoms with Crippen molar-refractivity contribution in [2.24, 2.45) is 0 Å². The van der Waals surface area contributed by atoms with Gasteiger partial charge in [0.25, 0.3) is 5.91 Å². The number of benzene rings is 2. The second-order valence-electron chi connectivity index (χ2n) is 5.75. The number of hydrogen-bond acceptors (Lipinski definition) is 4. The van der Waals surface area contributed by atoms with Crippen molar-refractivity contribution in [3.8, 4) is 11.5 Å². The van der Waals surface area contributed by atoms with Crippen LogP contribution in [0.4, 0.5) is 14.5 Å². The molecule has 26 heavy (non-hydrogen) atoms. The lowest BCUT2D eigenvalue weighted by Gasteiger charge is -2.12. The molecule has 7 heteroatoms. The predicted octanol–water partition coefficient (Wildman–Crippen LogP) is 4.91. The molecular weight excluding hydrogens is 344 g/mol. The van der Waals surface area contributed by atoms with Gasteiger partial charge in [-0.25, -0.2) is 0 Å². The Hall–Kier alpha value is -3.09. The van der Waals surface area contributed by atoms with Crippen molar-refractivity contribution in [3.63, 3.8) is 0 Å². The first-order valence-electron chi connectivity index (χ1n) is 7.83.